The van der Waals surface area contributed by atoms with Gasteiger partial charge in [-0.05, 0) is 0 Å². The summed E-state index contributed by atoms with van der Waals surface area (Å²) in [6.07, 6.45) is 0. The minimum absolute atomic E-state index is 0.149. The molecule has 0 aliphatic rings. The Kier molecular flexibility index (Phi) is 10.4. The van der Waals surface area contributed by atoms with Crippen molar-refractivity contribution < 1.29 is 0 Å². The second-order valence-electron chi connectivity index (χ2n) is 1.14. The summed E-state index contributed by atoms with van der Waals surface area (Å²) in [6, 6.07) is 0. The molecule has 0 saturated heterocycles. The number of hydrogen-bond donors (Lipinski definition) is 0. The van der Waals surface area contributed by atoms with Gasteiger partial charge in [0.15, 0.2) is 0 Å². The molecule has 5 unspecified atom stereocenters. The molecule has 0 bridgehead atoms. The van der Waals surface area contributed by atoms with Gasteiger partial charge in [0.1, 0.15) is 0 Å². The Morgan fingerprint density at radius 1 is 0.889 bits per heavy atom. The van der Waals surface area contributed by atoms with E-state index < -0.39 is 0 Å². The fourth-order valence-electron chi connectivity index (χ4n) is 0.239. The van der Waals surface area contributed by atoms with Gasteiger partial charge in [0.05, 0.1) is 0 Å². The molecular weight excluding hydrogens is 279 g/mol. The molecule has 0 aliphatic heterocycles. The van der Waals surface area contributed by atoms with Gasteiger partial charge in [0.25, 0.3) is 0 Å². The van der Waals surface area contributed by atoms with Crippen molar-refractivity contribution in [3.8, 4) is 0 Å². The van der Waals surface area contributed by atoms with E-state index in [9.17, 15) is 0 Å². The van der Waals surface area contributed by atoms with Crippen LogP contribution in [0.3, 0.4) is 0 Å². The predicted molar refractivity (Wildman–Crippen MR) is 76.2 cm³/mol. The van der Waals surface area contributed by atoms with Gasteiger partial charge < -0.3 is 7.96 Å². The van der Waals surface area contributed by atoms with Gasteiger partial charge in [-0.25, -0.2) is 0 Å². The van der Waals surface area contributed by atoms with E-state index in [0.717, 1.165) is 0 Å². The van der Waals surface area contributed by atoms with Crippen LogP contribution >= 0.6 is 73.6 Å². The Morgan fingerprint density at radius 3 is 1.22 bits per heavy atom. The van der Waals surface area contributed by atoms with Crippen molar-refractivity contribution in [1.29, 1.82) is 0 Å². The molecule has 0 nitrogen and oxygen atoms in total. The molecule has 0 N–H and O–H groups in total. The Morgan fingerprint density at radius 2 is 1.22 bits per heavy atom. The molecule has 5 atom stereocenters. The lowest BCUT2D eigenvalue weighted by Gasteiger charge is -2.35. The highest BCUT2D eigenvalue weighted by atomic mass is 33.2. The standard InChI is InChI=1S/H10P9/c1-6-9(7(2)3)8(4)5/h1-5H2/q-1. The van der Waals surface area contributed by atoms with Crippen LogP contribution in [0.1, 0.15) is 0 Å². The fraction of sp³-hybridized carbons (Fsp3) is 0. The van der Waals surface area contributed by atoms with E-state index in [4.69, 9.17) is 0 Å². The molecule has 0 radical (unpaired) electrons. The van der Waals surface area contributed by atoms with Crippen molar-refractivity contribution in [3.05, 3.63) is 0 Å². The van der Waals surface area contributed by atoms with Gasteiger partial charge in [0.2, 0.25) is 0 Å². The van der Waals surface area contributed by atoms with Gasteiger partial charge >= 0.3 is 0 Å². The quantitative estimate of drug-likeness (QED) is 0.636. The first-order chi connectivity index (χ1) is 4.09. The molecule has 0 spiro atoms. The molecule has 0 aliphatic carbocycles. The molecule has 0 amide bonds. The third-order valence-corrected chi connectivity index (χ3v) is 41.8. The van der Waals surface area contributed by atoms with Crippen molar-refractivity contribution in [3.63, 3.8) is 0 Å². The molecule has 0 aromatic carbocycles. The lowest BCUT2D eigenvalue weighted by Crippen LogP contribution is -1.31. The van der Waals surface area contributed by atoms with Crippen molar-refractivity contribution in [2.75, 3.05) is 0 Å². The van der Waals surface area contributed by atoms with Crippen LogP contribution in [0, 0.1) is 0 Å². The summed E-state index contributed by atoms with van der Waals surface area (Å²) in [5.41, 5.74) is 0. The lowest BCUT2D eigenvalue weighted by atomic mass is 28.8. The summed E-state index contributed by atoms with van der Waals surface area (Å²) in [7, 11) is 16.0. The highest BCUT2D eigenvalue weighted by molar-refractivity contribution is 9.10. The second kappa shape index (κ2) is 7.29. The predicted octanol–water partition coefficient (Wildman–Crippen LogP) is 5.07. The molecule has 0 aromatic rings. The maximum Gasteiger partial charge on any atom is -0.0686 e. The van der Waals surface area contributed by atoms with Crippen molar-refractivity contribution >= 4 is 73.6 Å². The Hall–Kier alpha value is 3.87. The highest BCUT2D eigenvalue weighted by Crippen LogP contribution is 3.04. The first-order valence-corrected chi connectivity index (χ1v) is 17.0. The summed E-state index contributed by atoms with van der Waals surface area (Å²) in [6.45, 7) is 0.538. The molecule has 9 heavy (non-hydrogen) atoms. The van der Waals surface area contributed by atoms with Crippen LogP contribution in [-0.4, -0.2) is 0 Å². The maximum absolute atomic E-state index is 2.91. The molecule has 0 heterocycles. The van der Waals surface area contributed by atoms with Gasteiger partial charge in [0, 0.05) is 0 Å². The van der Waals surface area contributed by atoms with Crippen LogP contribution < -0.4 is 0 Å². The van der Waals surface area contributed by atoms with E-state index in [1.165, 1.54) is 7.96 Å². The van der Waals surface area contributed by atoms with E-state index >= 15 is 0 Å². The minimum atomic E-state index is 0.149. The van der Waals surface area contributed by atoms with Crippen LogP contribution in [0.25, 0.3) is 0 Å². The highest BCUT2D eigenvalue weighted by Gasteiger charge is 2.03. The van der Waals surface area contributed by atoms with Gasteiger partial charge in [-0.15, -0.1) is 35.7 Å². The van der Waals surface area contributed by atoms with E-state index in [1.54, 1.807) is 0 Å². The zero-order chi connectivity index (χ0) is 7.44. The molecule has 0 rings (SSSR count). The summed E-state index contributed by atoms with van der Waals surface area (Å²) in [5.74, 6) is 0. The largest absolute Gasteiger partial charge is 0.471 e. The minimum Gasteiger partial charge on any atom is -0.471 e. The van der Waals surface area contributed by atoms with E-state index in [1.807, 2.05) is 0 Å². The monoisotopic (exact) mass is 289 g/mol. The SMILES string of the molecule is P[P-]P(P(P)P)P(P)P. The Labute approximate surface area is 73.6 Å². The lowest BCUT2D eigenvalue weighted by molar-refractivity contribution is 4.75. The van der Waals surface area contributed by atoms with E-state index in [0.29, 0.717) is 0 Å². The molecule has 0 saturated carbocycles. The van der Waals surface area contributed by atoms with Crippen molar-refractivity contribution in [1.82, 2.24) is 0 Å². The van der Waals surface area contributed by atoms with Crippen LogP contribution in [-0.2, 0) is 0 Å². The van der Waals surface area contributed by atoms with Crippen molar-refractivity contribution in [2.24, 2.45) is 0 Å². The average molecular weight is 289 g/mol. The van der Waals surface area contributed by atoms with Crippen LogP contribution in [0.4, 0.5) is 0 Å². The maximum atomic E-state index is 2.91. The normalized spacial score (nSPS) is 13.3. The smallest absolute Gasteiger partial charge is 0.0686 e. The first kappa shape index (κ1) is 12.9. The summed E-state index contributed by atoms with van der Waals surface area (Å²) in [5, 5.41) is 0. The van der Waals surface area contributed by atoms with E-state index in [-0.39, 0.29) is 21.0 Å². The Balaban J connectivity index is 3.68. The van der Waals surface area contributed by atoms with Crippen LogP contribution in [0.5, 0.6) is 0 Å². The van der Waals surface area contributed by atoms with Crippen molar-refractivity contribution in [2.45, 2.75) is 0 Å². The van der Waals surface area contributed by atoms with Gasteiger partial charge in [-0.3, -0.25) is 8.93 Å². The van der Waals surface area contributed by atoms with E-state index in [2.05, 4.69) is 44.6 Å². The molecule has 0 aromatic heterocycles. The second-order valence-corrected chi connectivity index (χ2v) is 30.9. The van der Waals surface area contributed by atoms with Crippen LogP contribution in [0.2, 0.25) is 0 Å². The molecule has 56 valence electrons. The van der Waals surface area contributed by atoms with Gasteiger partial charge in [-0.2, -0.15) is 6.99 Å². The molecular formula is H10P9-. The first-order valence-electron chi connectivity index (χ1n) is 1.89. The fourth-order valence-corrected chi connectivity index (χ4v) is 58.0. The zero-order valence-electron chi connectivity index (χ0n) is 4.68. The number of hydrogen-bond acceptors (Lipinski definition) is 0. The summed E-state index contributed by atoms with van der Waals surface area (Å²) < 4.78 is 0. The third-order valence-electron chi connectivity index (χ3n) is 0.516. The average Bonchev–Trinajstić information content (AvgIpc) is 1.64. The topological polar surface area (TPSA) is 0 Å². The zero-order valence-corrected chi connectivity index (χ0v) is 14.0. The molecule has 0 fully saturated rings. The molecule has 9 heteroatoms. The number of rotatable bonds is 3. The Bertz CT molecular complexity index is 54.4. The summed E-state index contributed by atoms with van der Waals surface area (Å²) >= 11 is 0. The van der Waals surface area contributed by atoms with Gasteiger partial charge in [-0.1, -0.05) is 14.0 Å². The third kappa shape index (κ3) is 6.01. The van der Waals surface area contributed by atoms with Crippen LogP contribution in [0.15, 0.2) is 0 Å². The summed E-state index contributed by atoms with van der Waals surface area (Å²) in [4.78, 5) is 0.